The van der Waals surface area contributed by atoms with Crippen LogP contribution >= 0.6 is 0 Å². The van der Waals surface area contributed by atoms with E-state index in [1.807, 2.05) is 13.0 Å². The molecule has 0 saturated carbocycles. The molecule has 0 spiro atoms. The van der Waals surface area contributed by atoms with Gasteiger partial charge in [0.15, 0.2) is 0 Å². The summed E-state index contributed by atoms with van der Waals surface area (Å²) in [6.07, 6.45) is 0. The first-order valence-corrected chi connectivity index (χ1v) is 6.65. The highest BCUT2D eigenvalue weighted by Gasteiger charge is 2.37. The Labute approximate surface area is 112 Å². The van der Waals surface area contributed by atoms with Crippen molar-refractivity contribution in [3.63, 3.8) is 0 Å². The summed E-state index contributed by atoms with van der Waals surface area (Å²) in [7, 11) is 1.64. The van der Waals surface area contributed by atoms with E-state index in [1.165, 1.54) is 0 Å². The SMILES string of the molecule is COc1cc(C)cc2c1NC(=O)C2N1CCNCC1. The van der Waals surface area contributed by atoms with Gasteiger partial charge in [-0.2, -0.15) is 0 Å². The molecule has 3 rings (SSSR count). The third-order valence-electron chi connectivity index (χ3n) is 3.80. The zero-order chi connectivity index (χ0) is 13.4. The van der Waals surface area contributed by atoms with E-state index in [9.17, 15) is 4.79 Å². The Morgan fingerprint density at radius 1 is 1.32 bits per heavy atom. The van der Waals surface area contributed by atoms with Crippen LogP contribution < -0.4 is 15.4 Å². The van der Waals surface area contributed by atoms with Gasteiger partial charge in [-0.05, 0) is 18.6 Å². The second-order valence-corrected chi connectivity index (χ2v) is 5.11. The van der Waals surface area contributed by atoms with E-state index in [0.717, 1.165) is 48.7 Å². The van der Waals surface area contributed by atoms with Gasteiger partial charge >= 0.3 is 0 Å². The fraction of sp³-hybridized carbons (Fsp3) is 0.500. The van der Waals surface area contributed by atoms with Crippen LogP contribution in [0.3, 0.4) is 0 Å². The number of benzene rings is 1. The molecule has 1 aromatic rings. The molecule has 2 N–H and O–H groups in total. The highest BCUT2D eigenvalue weighted by atomic mass is 16.5. The monoisotopic (exact) mass is 261 g/mol. The molecule has 1 atom stereocenters. The molecule has 19 heavy (non-hydrogen) atoms. The minimum atomic E-state index is -0.175. The van der Waals surface area contributed by atoms with Crippen LogP contribution in [0.4, 0.5) is 5.69 Å². The fourth-order valence-corrected chi connectivity index (χ4v) is 2.93. The van der Waals surface area contributed by atoms with Crippen molar-refractivity contribution in [3.05, 3.63) is 23.3 Å². The second kappa shape index (κ2) is 4.83. The van der Waals surface area contributed by atoms with E-state index in [1.54, 1.807) is 7.11 Å². The lowest BCUT2D eigenvalue weighted by molar-refractivity contribution is -0.121. The lowest BCUT2D eigenvalue weighted by Crippen LogP contribution is -2.46. The molecule has 2 aliphatic rings. The number of aryl methyl sites for hydroxylation is 1. The minimum absolute atomic E-state index is 0.0563. The van der Waals surface area contributed by atoms with Crippen molar-refractivity contribution in [2.45, 2.75) is 13.0 Å². The Balaban J connectivity index is 2.00. The van der Waals surface area contributed by atoms with Crippen LogP contribution in [0.15, 0.2) is 12.1 Å². The van der Waals surface area contributed by atoms with Gasteiger partial charge in [0.2, 0.25) is 5.91 Å². The Hall–Kier alpha value is -1.59. The van der Waals surface area contributed by atoms with Gasteiger partial charge in [0, 0.05) is 31.7 Å². The predicted molar refractivity (Wildman–Crippen MR) is 73.5 cm³/mol. The molecule has 2 aliphatic heterocycles. The topological polar surface area (TPSA) is 53.6 Å². The number of carbonyl (C=O) groups excluding carboxylic acids is 1. The van der Waals surface area contributed by atoms with Crippen molar-refractivity contribution >= 4 is 11.6 Å². The van der Waals surface area contributed by atoms with Gasteiger partial charge in [-0.3, -0.25) is 9.69 Å². The highest BCUT2D eigenvalue weighted by Crippen LogP contribution is 2.41. The van der Waals surface area contributed by atoms with Crippen molar-refractivity contribution in [3.8, 4) is 5.75 Å². The van der Waals surface area contributed by atoms with Gasteiger partial charge in [-0.1, -0.05) is 6.07 Å². The molecular weight excluding hydrogens is 242 g/mol. The molecule has 0 aliphatic carbocycles. The standard InChI is InChI=1S/C14H19N3O2/c1-9-7-10-12(11(8-9)19-2)16-14(18)13(10)17-5-3-15-4-6-17/h7-8,13,15H,3-6H2,1-2H3,(H,16,18). The fourth-order valence-electron chi connectivity index (χ4n) is 2.93. The average molecular weight is 261 g/mol. The molecule has 0 aromatic heterocycles. The first-order valence-electron chi connectivity index (χ1n) is 6.65. The number of fused-ring (bicyclic) bond motifs is 1. The zero-order valence-electron chi connectivity index (χ0n) is 11.3. The van der Waals surface area contributed by atoms with Gasteiger partial charge in [0.25, 0.3) is 0 Å². The molecule has 1 saturated heterocycles. The molecule has 1 amide bonds. The quantitative estimate of drug-likeness (QED) is 0.830. The van der Waals surface area contributed by atoms with Gasteiger partial charge in [0.1, 0.15) is 11.8 Å². The summed E-state index contributed by atoms with van der Waals surface area (Å²) in [5, 5.41) is 6.28. The number of ether oxygens (including phenoxy) is 1. The van der Waals surface area contributed by atoms with Crippen LogP contribution in [0.5, 0.6) is 5.75 Å². The first-order chi connectivity index (χ1) is 9.20. The lowest BCUT2D eigenvalue weighted by atomic mass is 10.0. The van der Waals surface area contributed by atoms with E-state index >= 15 is 0 Å². The summed E-state index contributed by atoms with van der Waals surface area (Å²) in [5.41, 5.74) is 3.00. The lowest BCUT2D eigenvalue weighted by Gasteiger charge is -2.31. The maximum atomic E-state index is 12.3. The van der Waals surface area contributed by atoms with Gasteiger partial charge in [-0.15, -0.1) is 0 Å². The number of nitrogens with zero attached hydrogens (tertiary/aromatic N) is 1. The van der Waals surface area contributed by atoms with Crippen LogP contribution in [0.2, 0.25) is 0 Å². The molecular formula is C14H19N3O2. The molecule has 0 bridgehead atoms. The number of rotatable bonds is 2. The Kier molecular flexibility index (Phi) is 3.16. The molecule has 1 unspecified atom stereocenters. The summed E-state index contributed by atoms with van der Waals surface area (Å²) in [6.45, 7) is 5.69. The Morgan fingerprint density at radius 3 is 2.74 bits per heavy atom. The highest BCUT2D eigenvalue weighted by molar-refractivity contribution is 6.04. The van der Waals surface area contributed by atoms with Gasteiger partial charge in [-0.25, -0.2) is 0 Å². The maximum Gasteiger partial charge on any atom is 0.246 e. The van der Waals surface area contributed by atoms with Crippen LogP contribution in [0.1, 0.15) is 17.2 Å². The van der Waals surface area contributed by atoms with Crippen molar-refractivity contribution in [1.82, 2.24) is 10.2 Å². The minimum Gasteiger partial charge on any atom is -0.495 e. The van der Waals surface area contributed by atoms with Crippen LogP contribution in [-0.4, -0.2) is 44.1 Å². The third-order valence-corrected chi connectivity index (χ3v) is 3.80. The smallest absolute Gasteiger partial charge is 0.246 e. The molecule has 102 valence electrons. The molecule has 5 heteroatoms. The number of hydrogen-bond donors (Lipinski definition) is 2. The number of nitrogens with one attached hydrogen (secondary N) is 2. The maximum absolute atomic E-state index is 12.3. The molecule has 2 heterocycles. The summed E-state index contributed by atoms with van der Waals surface area (Å²) in [6, 6.07) is 3.87. The summed E-state index contributed by atoms with van der Waals surface area (Å²) in [4.78, 5) is 14.5. The summed E-state index contributed by atoms with van der Waals surface area (Å²) in [5.74, 6) is 0.807. The Bertz CT molecular complexity index is 510. The molecule has 1 aromatic carbocycles. The number of methoxy groups -OCH3 is 1. The van der Waals surface area contributed by atoms with E-state index in [2.05, 4.69) is 21.6 Å². The van der Waals surface area contributed by atoms with Gasteiger partial charge < -0.3 is 15.4 Å². The zero-order valence-corrected chi connectivity index (χ0v) is 11.3. The number of piperazine rings is 1. The number of amides is 1. The van der Waals surface area contributed by atoms with E-state index in [4.69, 9.17) is 4.74 Å². The largest absolute Gasteiger partial charge is 0.495 e. The van der Waals surface area contributed by atoms with Crippen LogP contribution in [-0.2, 0) is 4.79 Å². The van der Waals surface area contributed by atoms with Crippen LogP contribution in [0.25, 0.3) is 0 Å². The number of carbonyl (C=O) groups is 1. The average Bonchev–Trinajstić information content (AvgIpc) is 2.75. The number of anilines is 1. The van der Waals surface area contributed by atoms with E-state index < -0.39 is 0 Å². The summed E-state index contributed by atoms with van der Waals surface area (Å²) >= 11 is 0. The van der Waals surface area contributed by atoms with E-state index in [0.29, 0.717) is 0 Å². The van der Waals surface area contributed by atoms with Crippen molar-refractivity contribution in [2.24, 2.45) is 0 Å². The van der Waals surface area contributed by atoms with E-state index in [-0.39, 0.29) is 11.9 Å². The second-order valence-electron chi connectivity index (χ2n) is 5.11. The third kappa shape index (κ3) is 2.09. The van der Waals surface area contributed by atoms with Crippen molar-refractivity contribution in [1.29, 1.82) is 0 Å². The van der Waals surface area contributed by atoms with Crippen LogP contribution in [0, 0.1) is 6.92 Å². The molecule has 1 fully saturated rings. The normalized spacial score (nSPS) is 23.1. The van der Waals surface area contributed by atoms with Crippen molar-refractivity contribution < 1.29 is 9.53 Å². The molecule has 0 radical (unpaired) electrons. The summed E-state index contributed by atoms with van der Waals surface area (Å²) < 4.78 is 5.38. The molecule has 5 nitrogen and oxygen atoms in total. The van der Waals surface area contributed by atoms with Crippen molar-refractivity contribution in [2.75, 3.05) is 38.6 Å². The predicted octanol–water partition coefficient (Wildman–Crippen LogP) is 0.902. The Morgan fingerprint density at radius 2 is 2.05 bits per heavy atom. The number of hydrogen-bond acceptors (Lipinski definition) is 4. The van der Waals surface area contributed by atoms with Gasteiger partial charge in [0.05, 0.1) is 12.8 Å². The first kappa shape index (κ1) is 12.4.